The van der Waals surface area contributed by atoms with E-state index in [1.807, 2.05) is 19.1 Å². The molecular formula is C19H22BrN3O3. The van der Waals surface area contributed by atoms with Crippen LogP contribution in [0.25, 0.3) is 0 Å². The smallest absolute Gasteiger partial charge is 0.319 e. The average Bonchev–Trinajstić information content (AvgIpc) is 2.61. The van der Waals surface area contributed by atoms with Crippen molar-refractivity contribution >= 4 is 27.6 Å². The van der Waals surface area contributed by atoms with Gasteiger partial charge >= 0.3 is 6.03 Å². The number of fused-ring (bicyclic) bond motifs is 1. The first kappa shape index (κ1) is 18.5. The van der Waals surface area contributed by atoms with E-state index < -0.39 is 0 Å². The Morgan fingerprint density at radius 2 is 1.92 bits per heavy atom. The maximum atomic E-state index is 12.6. The van der Waals surface area contributed by atoms with Crippen LogP contribution in [0, 0.1) is 12.8 Å². The van der Waals surface area contributed by atoms with Crippen LogP contribution in [0.3, 0.4) is 0 Å². The molecular weight excluding hydrogens is 398 g/mol. The van der Waals surface area contributed by atoms with E-state index in [4.69, 9.17) is 9.47 Å². The highest BCUT2D eigenvalue weighted by molar-refractivity contribution is 9.10. The lowest BCUT2D eigenvalue weighted by atomic mass is 9.97. The van der Waals surface area contributed by atoms with E-state index >= 15 is 0 Å². The Morgan fingerprint density at radius 1 is 1.23 bits per heavy atom. The topological polar surface area (TPSA) is 72.5 Å². The summed E-state index contributed by atoms with van der Waals surface area (Å²) in [5.74, 6) is 1.48. The van der Waals surface area contributed by atoms with Gasteiger partial charge in [0.1, 0.15) is 13.2 Å². The SMILES string of the molecule is Cc1cccnc1C(NC(=O)Nc1cc2c(cc1Br)OCCO2)C(C)C. The minimum atomic E-state index is -0.300. The number of nitrogens with zero attached hydrogens (tertiary/aromatic N) is 1. The van der Waals surface area contributed by atoms with Gasteiger partial charge in [-0.2, -0.15) is 0 Å². The van der Waals surface area contributed by atoms with Crippen molar-refractivity contribution in [3.63, 3.8) is 0 Å². The van der Waals surface area contributed by atoms with Crippen molar-refractivity contribution in [1.29, 1.82) is 0 Å². The molecule has 2 amide bonds. The number of carbonyl (C=O) groups is 1. The zero-order chi connectivity index (χ0) is 18.7. The number of benzene rings is 1. The summed E-state index contributed by atoms with van der Waals surface area (Å²) >= 11 is 3.47. The van der Waals surface area contributed by atoms with Crippen molar-refractivity contribution < 1.29 is 14.3 Å². The highest BCUT2D eigenvalue weighted by Gasteiger charge is 2.22. The molecule has 1 unspecified atom stereocenters. The second-order valence-corrected chi connectivity index (χ2v) is 7.36. The van der Waals surface area contributed by atoms with Gasteiger partial charge in [-0.25, -0.2) is 4.79 Å². The molecule has 26 heavy (non-hydrogen) atoms. The molecule has 138 valence electrons. The van der Waals surface area contributed by atoms with Crippen LogP contribution < -0.4 is 20.1 Å². The van der Waals surface area contributed by atoms with E-state index in [1.54, 1.807) is 18.3 Å². The van der Waals surface area contributed by atoms with E-state index in [0.29, 0.717) is 30.4 Å². The lowest BCUT2D eigenvalue weighted by molar-refractivity contribution is 0.171. The molecule has 1 aliphatic heterocycles. The average molecular weight is 420 g/mol. The van der Waals surface area contributed by atoms with Crippen LogP contribution in [0.1, 0.15) is 31.1 Å². The van der Waals surface area contributed by atoms with Gasteiger partial charge in [0.05, 0.1) is 17.4 Å². The highest BCUT2D eigenvalue weighted by Crippen LogP contribution is 2.38. The Balaban J connectivity index is 1.76. The van der Waals surface area contributed by atoms with Crippen molar-refractivity contribution in [2.75, 3.05) is 18.5 Å². The van der Waals surface area contributed by atoms with Crippen molar-refractivity contribution in [3.8, 4) is 11.5 Å². The summed E-state index contributed by atoms with van der Waals surface area (Å²) in [7, 11) is 0. The molecule has 7 heteroatoms. The van der Waals surface area contributed by atoms with Crippen LogP contribution in [-0.2, 0) is 0 Å². The number of hydrogen-bond acceptors (Lipinski definition) is 4. The molecule has 0 saturated heterocycles. The zero-order valence-corrected chi connectivity index (χ0v) is 16.6. The largest absolute Gasteiger partial charge is 0.486 e. The predicted molar refractivity (Wildman–Crippen MR) is 104 cm³/mol. The van der Waals surface area contributed by atoms with Crippen molar-refractivity contribution in [3.05, 3.63) is 46.2 Å². The minimum Gasteiger partial charge on any atom is -0.486 e. The Hall–Kier alpha value is -2.28. The maximum Gasteiger partial charge on any atom is 0.319 e. The molecule has 1 aromatic carbocycles. The number of anilines is 1. The molecule has 6 nitrogen and oxygen atoms in total. The molecule has 1 atom stereocenters. The number of amides is 2. The van der Waals surface area contributed by atoms with Crippen LogP contribution in [0.5, 0.6) is 11.5 Å². The number of hydrogen-bond donors (Lipinski definition) is 2. The third-order valence-electron chi connectivity index (χ3n) is 4.18. The number of ether oxygens (including phenoxy) is 2. The molecule has 2 aromatic rings. The molecule has 0 bridgehead atoms. The molecule has 3 rings (SSSR count). The lowest BCUT2D eigenvalue weighted by Crippen LogP contribution is -2.36. The van der Waals surface area contributed by atoms with Crippen LogP contribution in [0.2, 0.25) is 0 Å². The number of urea groups is 1. The van der Waals surface area contributed by atoms with Crippen LogP contribution in [0.15, 0.2) is 34.9 Å². The van der Waals surface area contributed by atoms with Crippen molar-refractivity contribution in [1.82, 2.24) is 10.3 Å². The Labute approximate surface area is 161 Å². The van der Waals surface area contributed by atoms with Gasteiger partial charge in [-0.05, 0) is 40.4 Å². The first-order valence-corrected chi connectivity index (χ1v) is 9.33. The summed E-state index contributed by atoms with van der Waals surface area (Å²) in [6.07, 6.45) is 1.74. The number of aryl methyl sites for hydroxylation is 1. The van der Waals surface area contributed by atoms with Gasteiger partial charge in [-0.15, -0.1) is 0 Å². The van der Waals surface area contributed by atoms with Crippen LogP contribution >= 0.6 is 15.9 Å². The molecule has 0 aliphatic carbocycles. The molecule has 0 fully saturated rings. The van der Waals surface area contributed by atoms with E-state index in [0.717, 1.165) is 15.7 Å². The van der Waals surface area contributed by atoms with Gasteiger partial charge in [0.2, 0.25) is 0 Å². The maximum absolute atomic E-state index is 12.6. The summed E-state index contributed by atoms with van der Waals surface area (Å²) in [6, 6.07) is 6.96. The quantitative estimate of drug-likeness (QED) is 0.767. The second kappa shape index (κ2) is 7.95. The number of halogens is 1. The van der Waals surface area contributed by atoms with Crippen molar-refractivity contribution in [2.24, 2.45) is 5.92 Å². The van der Waals surface area contributed by atoms with Crippen molar-refractivity contribution in [2.45, 2.75) is 26.8 Å². The van der Waals surface area contributed by atoms with Gasteiger partial charge < -0.3 is 20.1 Å². The highest BCUT2D eigenvalue weighted by atomic mass is 79.9. The van der Waals surface area contributed by atoms with E-state index in [9.17, 15) is 4.79 Å². The Kier molecular flexibility index (Phi) is 5.66. The van der Waals surface area contributed by atoms with Gasteiger partial charge in [0, 0.05) is 22.8 Å². The standard InChI is InChI=1S/C19H22BrN3O3/c1-11(2)17(18-12(3)5-4-6-21-18)23-19(24)22-14-10-16-15(9-13(14)20)25-7-8-26-16/h4-6,9-11,17H,7-8H2,1-3H3,(H2,22,23,24). The Morgan fingerprint density at radius 3 is 2.58 bits per heavy atom. The van der Waals surface area contributed by atoms with Gasteiger partial charge in [-0.3, -0.25) is 4.98 Å². The third-order valence-corrected chi connectivity index (χ3v) is 4.83. The zero-order valence-electron chi connectivity index (χ0n) is 15.0. The summed E-state index contributed by atoms with van der Waals surface area (Å²) in [6.45, 7) is 7.12. The molecule has 2 N–H and O–H groups in total. The first-order chi connectivity index (χ1) is 12.5. The minimum absolute atomic E-state index is 0.188. The fraction of sp³-hybridized carbons (Fsp3) is 0.368. The molecule has 2 heterocycles. The third kappa shape index (κ3) is 4.09. The van der Waals surface area contributed by atoms with E-state index in [-0.39, 0.29) is 18.0 Å². The molecule has 0 saturated carbocycles. The van der Waals surface area contributed by atoms with Crippen LogP contribution in [-0.4, -0.2) is 24.2 Å². The fourth-order valence-electron chi connectivity index (χ4n) is 2.83. The van der Waals surface area contributed by atoms with E-state index in [1.165, 1.54) is 0 Å². The summed E-state index contributed by atoms with van der Waals surface area (Å²) in [5.41, 5.74) is 2.54. The van der Waals surface area contributed by atoms with Crippen LogP contribution in [0.4, 0.5) is 10.5 Å². The lowest BCUT2D eigenvalue weighted by Gasteiger charge is -2.24. The molecule has 0 radical (unpaired) electrons. The van der Waals surface area contributed by atoms with E-state index in [2.05, 4.69) is 45.4 Å². The fourth-order valence-corrected chi connectivity index (χ4v) is 3.26. The van der Waals surface area contributed by atoms with Gasteiger partial charge in [0.15, 0.2) is 11.5 Å². The molecule has 1 aliphatic rings. The predicted octanol–water partition coefficient (Wildman–Crippen LogP) is 4.44. The number of pyridine rings is 1. The van der Waals surface area contributed by atoms with Gasteiger partial charge in [-0.1, -0.05) is 19.9 Å². The number of rotatable bonds is 4. The number of nitrogens with one attached hydrogen (secondary N) is 2. The first-order valence-electron chi connectivity index (χ1n) is 8.54. The second-order valence-electron chi connectivity index (χ2n) is 6.50. The summed E-state index contributed by atoms with van der Waals surface area (Å²) in [5, 5.41) is 5.90. The summed E-state index contributed by atoms with van der Waals surface area (Å²) < 4.78 is 11.8. The Bertz CT molecular complexity index is 811. The normalized spacial score (nSPS) is 14.0. The number of carbonyl (C=O) groups excluding carboxylic acids is 1. The monoisotopic (exact) mass is 419 g/mol. The molecule has 0 spiro atoms. The van der Waals surface area contributed by atoms with Gasteiger partial charge in [0.25, 0.3) is 0 Å². The number of aromatic nitrogens is 1. The summed E-state index contributed by atoms with van der Waals surface area (Å²) in [4.78, 5) is 17.0. The molecule has 1 aromatic heterocycles.